The summed E-state index contributed by atoms with van der Waals surface area (Å²) in [6, 6.07) is 19.8. The molecule has 0 heterocycles. The standard InChI is InChI=1S/C17H18O2S/c1-13(15-10-6-3-7-11-15)20-16(17(18)19)12-14-8-4-2-5-9-14/h2-11,13,16H,12H2,1H3,(H,18,19). The fourth-order valence-corrected chi connectivity index (χ4v) is 3.28. The van der Waals surface area contributed by atoms with E-state index < -0.39 is 11.2 Å². The van der Waals surface area contributed by atoms with E-state index in [1.54, 1.807) is 0 Å². The summed E-state index contributed by atoms with van der Waals surface area (Å²) in [6.45, 7) is 2.06. The lowest BCUT2D eigenvalue weighted by Crippen LogP contribution is -2.20. The van der Waals surface area contributed by atoms with Crippen LogP contribution in [0.1, 0.15) is 23.3 Å². The van der Waals surface area contributed by atoms with Gasteiger partial charge in [-0.3, -0.25) is 4.79 Å². The van der Waals surface area contributed by atoms with E-state index in [1.807, 2.05) is 60.7 Å². The summed E-state index contributed by atoms with van der Waals surface area (Å²) in [6.07, 6.45) is 0.554. The van der Waals surface area contributed by atoms with Crippen LogP contribution in [0.5, 0.6) is 0 Å². The first-order chi connectivity index (χ1) is 9.66. The van der Waals surface area contributed by atoms with E-state index >= 15 is 0 Å². The van der Waals surface area contributed by atoms with Gasteiger partial charge in [0.05, 0.1) is 0 Å². The number of carboxylic acids is 1. The molecule has 0 aliphatic heterocycles. The Hall–Kier alpha value is -1.74. The van der Waals surface area contributed by atoms with E-state index in [-0.39, 0.29) is 5.25 Å². The minimum Gasteiger partial charge on any atom is -0.480 e. The van der Waals surface area contributed by atoms with E-state index in [0.29, 0.717) is 6.42 Å². The number of thioether (sulfide) groups is 1. The van der Waals surface area contributed by atoms with Crippen LogP contribution in [-0.2, 0) is 11.2 Å². The summed E-state index contributed by atoms with van der Waals surface area (Å²) in [5.41, 5.74) is 2.23. The third kappa shape index (κ3) is 4.14. The molecule has 0 radical (unpaired) electrons. The Morgan fingerprint density at radius 2 is 1.60 bits per heavy atom. The first kappa shape index (κ1) is 14.7. The minimum absolute atomic E-state index is 0.168. The molecule has 0 saturated heterocycles. The highest BCUT2D eigenvalue weighted by molar-refractivity contribution is 8.00. The molecule has 2 nitrogen and oxygen atoms in total. The van der Waals surface area contributed by atoms with E-state index in [2.05, 4.69) is 6.92 Å². The molecule has 2 aromatic carbocycles. The zero-order valence-electron chi connectivity index (χ0n) is 11.4. The fraction of sp³-hybridized carbons (Fsp3) is 0.235. The number of carbonyl (C=O) groups is 1. The van der Waals surface area contributed by atoms with Crippen LogP contribution in [-0.4, -0.2) is 16.3 Å². The minimum atomic E-state index is -0.748. The third-order valence-corrected chi connectivity index (χ3v) is 4.55. The zero-order chi connectivity index (χ0) is 14.4. The van der Waals surface area contributed by atoms with Crippen molar-refractivity contribution in [1.29, 1.82) is 0 Å². The first-order valence-corrected chi connectivity index (χ1v) is 7.58. The van der Waals surface area contributed by atoms with Crippen molar-refractivity contribution in [1.82, 2.24) is 0 Å². The number of aliphatic carboxylic acids is 1. The normalized spacial score (nSPS) is 13.7. The molecule has 0 aliphatic rings. The summed E-state index contributed by atoms with van der Waals surface area (Å²) in [7, 11) is 0. The Balaban J connectivity index is 2.05. The Morgan fingerprint density at radius 3 is 2.15 bits per heavy atom. The molecule has 2 atom stereocenters. The second-order valence-electron chi connectivity index (χ2n) is 4.71. The van der Waals surface area contributed by atoms with Gasteiger partial charge in [-0.05, 0) is 24.5 Å². The summed E-state index contributed by atoms with van der Waals surface area (Å²) >= 11 is 1.50. The quantitative estimate of drug-likeness (QED) is 0.865. The molecule has 0 fully saturated rings. The number of rotatable bonds is 6. The van der Waals surface area contributed by atoms with Gasteiger partial charge in [-0.1, -0.05) is 60.7 Å². The van der Waals surface area contributed by atoms with E-state index in [0.717, 1.165) is 11.1 Å². The highest BCUT2D eigenvalue weighted by Crippen LogP contribution is 2.33. The van der Waals surface area contributed by atoms with Gasteiger partial charge in [0.1, 0.15) is 5.25 Å². The molecular weight excluding hydrogens is 268 g/mol. The molecule has 0 amide bonds. The maximum Gasteiger partial charge on any atom is 0.316 e. The van der Waals surface area contributed by atoms with Crippen molar-refractivity contribution < 1.29 is 9.90 Å². The lowest BCUT2D eigenvalue weighted by Gasteiger charge is -2.18. The Bertz CT molecular complexity index is 539. The van der Waals surface area contributed by atoms with Gasteiger partial charge in [-0.2, -0.15) is 0 Å². The summed E-state index contributed by atoms with van der Waals surface area (Å²) < 4.78 is 0. The topological polar surface area (TPSA) is 37.3 Å². The number of benzene rings is 2. The van der Waals surface area contributed by atoms with Crippen LogP contribution in [0.3, 0.4) is 0 Å². The van der Waals surface area contributed by atoms with Gasteiger partial charge in [-0.15, -0.1) is 11.8 Å². The molecule has 0 aromatic heterocycles. The maximum atomic E-state index is 11.4. The van der Waals surface area contributed by atoms with Crippen molar-refractivity contribution in [3.8, 4) is 0 Å². The van der Waals surface area contributed by atoms with Gasteiger partial charge in [0, 0.05) is 5.25 Å². The summed E-state index contributed by atoms with van der Waals surface area (Å²) in [4.78, 5) is 11.4. The van der Waals surface area contributed by atoms with Gasteiger partial charge in [0.25, 0.3) is 0 Å². The van der Waals surface area contributed by atoms with E-state index in [1.165, 1.54) is 11.8 Å². The predicted octanol–water partition coefficient (Wildman–Crippen LogP) is 4.18. The van der Waals surface area contributed by atoms with Crippen LogP contribution in [0.2, 0.25) is 0 Å². The van der Waals surface area contributed by atoms with Crippen molar-refractivity contribution in [2.24, 2.45) is 0 Å². The molecule has 0 aliphatic carbocycles. The molecule has 2 unspecified atom stereocenters. The zero-order valence-corrected chi connectivity index (χ0v) is 12.2. The maximum absolute atomic E-state index is 11.4. The SMILES string of the molecule is CC(SC(Cc1ccccc1)C(=O)O)c1ccccc1. The Labute approximate surface area is 123 Å². The summed E-state index contributed by atoms with van der Waals surface area (Å²) in [5.74, 6) is -0.748. The molecule has 104 valence electrons. The van der Waals surface area contributed by atoms with Crippen LogP contribution >= 0.6 is 11.8 Å². The van der Waals surface area contributed by atoms with Crippen LogP contribution in [0.15, 0.2) is 60.7 Å². The van der Waals surface area contributed by atoms with E-state index in [9.17, 15) is 9.90 Å². The average Bonchev–Trinajstić information content (AvgIpc) is 2.48. The van der Waals surface area contributed by atoms with Crippen molar-refractivity contribution in [2.75, 3.05) is 0 Å². The van der Waals surface area contributed by atoms with Gasteiger partial charge < -0.3 is 5.11 Å². The molecule has 1 N–H and O–H groups in total. The van der Waals surface area contributed by atoms with Crippen molar-refractivity contribution in [2.45, 2.75) is 23.8 Å². The predicted molar refractivity (Wildman–Crippen MR) is 84.0 cm³/mol. The van der Waals surface area contributed by atoms with Gasteiger partial charge in [0.15, 0.2) is 0 Å². The summed E-state index contributed by atoms with van der Waals surface area (Å²) in [5, 5.41) is 9.15. The van der Waals surface area contributed by atoms with Crippen LogP contribution in [0, 0.1) is 0 Å². The molecule has 2 aromatic rings. The number of hydrogen-bond donors (Lipinski definition) is 1. The molecule has 20 heavy (non-hydrogen) atoms. The van der Waals surface area contributed by atoms with Gasteiger partial charge in [-0.25, -0.2) is 0 Å². The van der Waals surface area contributed by atoms with Crippen molar-refractivity contribution >= 4 is 17.7 Å². The smallest absolute Gasteiger partial charge is 0.316 e. The van der Waals surface area contributed by atoms with Crippen LogP contribution < -0.4 is 0 Å². The lowest BCUT2D eigenvalue weighted by molar-refractivity contribution is -0.136. The largest absolute Gasteiger partial charge is 0.480 e. The lowest BCUT2D eigenvalue weighted by atomic mass is 10.1. The van der Waals surface area contributed by atoms with Crippen LogP contribution in [0.4, 0.5) is 0 Å². The molecule has 0 bridgehead atoms. The highest BCUT2D eigenvalue weighted by atomic mass is 32.2. The van der Waals surface area contributed by atoms with Crippen molar-refractivity contribution in [3.63, 3.8) is 0 Å². The van der Waals surface area contributed by atoms with Crippen LogP contribution in [0.25, 0.3) is 0 Å². The second kappa shape index (κ2) is 7.15. The monoisotopic (exact) mass is 286 g/mol. The molecule has 0 saturated carbocycles. The first-order valence-electron chi connectivity index (χ1n) is 6.64. The fourth-order valence-electron chi connectivity index (χ4n) is 2.07. The highest BCUT2D eigenvalue weighted by Gasteiger charge is 2.22. The Kier molecular flexibility index (Phi) is 5.24. The molecule has 3 heteroatoms. The van der Waals surface area contributed by atoms with Gasteiger partial charge in [0.2, 0.25) is 0 Å². The third-order valence-electron chi connectivity index (χ3n) is 3.18. The van der Waals surface area contributed by atoms with Crippen molar-refractivity contribution in [3.05, 3.63) is 71.8 Å². The number of carboxylic acid groups (broad SMARTS) is 1. The molecule has 2 rings (SSSR count). The molecular formula is C17H18O2S. The van der Waals surface area contributed by atoms with Gasteiger partial charge >= 0.3 is 5.97 Å². The Morgan fingerprint density at radius 1 is 1.05 bits per heavy atom. The second-order valence-corrected chi connectivity index (χ2v) is 6.25. The molecule has 0 spiro atoms. The number of hydrogen-bond acceptors (Lipinski definition) is 2. The van der Waals surface area contributed by atoms with E-state index in [4.69, 9.17) is 0 Å². The average molecular weight is 286 g/mol.